The molecule has 2 aliphatic heterocycles. The minimum absolute atomic E-state index is 0.248. The molecule has 26 heavy (non-hydrogen) atoms. The van der Waals surface area contributed by atoms with Gasteiger partial charge in [-0.2, -0.15) is 16.1 Å². The first-order valence-corrected chi connectivity index (χ1v) is 11.4. The molecule has 1 aromatic carbocycles. The van der Waals surface area contributed by atoms with E-state index in [0.717, 1.165) is 25.3 Å². The van der Waals surface area contributed by atoms with Gasteiger partial charge in [0.1, 0.15) is 0 Å². The van der Waals surface area contributed by atoms with Crippen molar-refractivity contribution < 1.29 is 17.9 Å². The second kappa shape index (κ2) is 8.60. The highest BCUT2D eigenvalue weighted by Crippen LogP contribution is 2.25. The first-order chi connectivity index (χ1) is 12.5. The zero-order valence-electron chi connectivity index (χ0n) is 14.9. The maximum atomic E-state index is 12.9. The van der Waals surface area contributed by atoms with Crippen LogP contribution in [0.4, 0.5) is 10.5 Å². The van der Waals surface area contributed by atoms with Crippen molar-refractivity contribution in [1.29, 1.82) is 0 Å². The van der Waals surface area contributed by atoms with Gasteiger partial charge >= 0.3 is 6.09 Å². The van der Waals surface area contributed by atoms with Crippen molar-refractivity contribution in [1.82, 2.24) is 9.21 Å². The second-order valence-corrected chi connectivity index (χ2v) is 9.54. The van der Waals surface area contributed by atoms with Gasteiger partial charge in [0.25, 0.3) is 0 Å². The first-order valence-electron chi connectivity index (χ1n) is 8.77. The Labute approximate surface area is 159 Å². The number of nitrogens with one attached hydrogen (secondary N) is 1. The third-order valence-electron chi connectivity index (χ3n) is 4.84. The highest BCUT2D eigenvalue weighted by atomic mass is 32.2. The van der Waals surface area contributed by atoms with Gasteiger partial charge in [-0.1, -0.05) is 0 Å². The van der Waals surface area contributed by atoms with Crippen molar-refractivity contribution in [3.05, 3.63) is 24.3 Å². The number of methoxy groups -OCH3 is 1. The molecular weight excluding hydrogens is 374 g/mol. The van der Waals surface area contributed by atoms with Gasteiger partial charge in [0.2, 0.25) is 10.0 Å². The number of hydrogen-bond donors (Lipinski definition) is 1. The summed E-state index contributed by atoms with van der Waals surface area (Å²) in [6.07, 6.45) is 1.47. The Kier molecular flexibility index (Phi) is 6.44. The summed E-state index contributed by atoms with van der Waals surface area (Å²) in [4.78, 5) is 13.9. The topological polar surface area (TPSA) is 78.9 Å². The van der Waals surface area contributed by atoms with E-state index in [2.05, 4.69) is 15.0 Å². The summed E-state index contributed by atoms with van der Waals surface area (Å²) < 4.78 is 32.0. The fraction of sp³-hybridized carbons (Fsp3) is 0.588. The van der Waals surface area contributed by atoms with Gasteiger partial charge in [0.15, 0.2) is 0 Å². The third kappa shape index (κ3) is 4.51. The molecule has 0 radical (unpaired) electrons. The Morgan fingerprint density at radius 1 is 1.19 bits per heavy atom. The fourth-order valence-corrected chi connectivity index (χ4v) is 6.08. The predicted molar refractivity (Wildman–Crippen MR) is 103 cm³/mol. The van der Waals surface area contributed by atoms with Gasteiger partial charge in [-0.05, 0) is 49.4 Å². The average molecular weight is 400 g/mol. The van der Waals surface area contributed by atoms with E-state index in [1.54, 1.807) is 16.4 Å². The number of carbonyl (C=O) groups is 1. The van der Waals surface area contributed by atoms with Crippen molar-refractivity contribution in [2.75, 3.05) is 50.1 Å². The fourth-order valence-electron chi connectivity index (χ4n) is 3.36. The highest BCUT2D eigenvalue weighted by Gasteiger charge is 2.30. The number of nitrogens with zero attached hydrogens (tertiary/aromatic N) is 2. The number of anilines is 1. The average Bonchev–Trinajstić information content (AvgIpc) is 3.06. The molecule has 3 rings (SSSR count). The Bertz CT molecular complexity index is 718. The van der Waals surface area contributed by atoms with Crippen LogP contribution in [0, 0.1) is 0 Å². The largest absolute Gasteiger partial charge is 0.453 e. The van der Waals surface area contributed by atoms with Crippen LogP contribution in [0.15, 0.2) is 29.2 Å². The quantitative estimate of drug-likeness (QED) is 0.835. The van der Waals surface area contributed by atoms with Crippen LogP contribution in [0.1, 0.15) is 12.8 Å². The molecule has 2 heterocycles. The van der Waals surface area contributed by atoms with E-state index in [-0.39, 0.29) is 4.90 Å². The van der Waals surface area contributed by atoms with Gasteiger partial charge < -0.3 is 4.74 Å². The van der Waals surface area contributed by atoms with E-state index in [0.29, 0.717) is 24.8 Å². The van der Waals surface area contributed by atoms with E-state index in [9.17, 15) is 13.2 Å². The summed E-state index contributed by atoms with van der Waals surface area (Å²) in [5.41, 5.74) is 0.497. The van der Waals surface area contributed by atoms with E-state index in [1.165, 1.54) is 31.4 Å². The van der Waals surface area contributed by atoms with Crippen molar-refractivity contribution in [2.24, 2.45) is 0 Å². The van der Waals surface area contributed by atoms with Crippen LogP contribution in [0.3, 0.4) is 0 Å². The molecule has 0 spiro atoms. The zero-order chi connectivity index (χ0) is 18.6. The molecule has 0 aliphatic carbocycles. The van der Waals surface area contributed by atoms with Crippen LogP contribution in [0.5, 0.6) is 0 Å². The van der Waals surface area contributed by atoms with Gasteiger partial charge in [0, 0.05) is 37.1 Å². The van der Waals surface area contributed by atoms with E-state index in [1.807, 2.05) is 11.8 Å². The Hall–Kier alpha value is -1.29. The molecule has 2 fully saturated rings. The van der Waals surface area contributed by atoms with Crippen LogP contribution >= 0.6 is 11.8 Å². The number of sulfonamides is 1. The second-order valence-electron chi connectivity index (χ2n) is 6.45. The number of ether oxygens (including phenoxy) is 1. The minimum Gasteiger partial charge on any atom is -0.453 e. The molecule has 2 saturated heterocycles. The monoisotopic (exact) mass is 399 g/mol. The summed E-state index contributed by atoms with van der Waals surface area (Å²) in [5, 5.41) is 2.52. The lowest BCUT2D eigenvalue weighted by molar-refractivity contribution is 0.187. The summed E-state index contributed by atoms with van der Waals surface area (Å²) in [6, 6.07) is 6.78. The lowest BCUT2D eigenvalue weighted by Gasteiger charge is -2.26. The van der Waals surface area contributed by atoms with Gasteiger partial charge in [-0.25, -0.2) is 13.2 Å². The molecule has 7 nitrogen and oxygen atoms in total. The van der Waals surface area contributed by atoms with Crippen LogP contribution in [0.25, 0.3) is 0 Å². The third-order valence-corrected chi connectivity index (χ3v) is 7.89. The van der Waals surface area contributed by atoms with Crippen LogP contribution in [-0.2, 0) is 14.8 Å². The summed E-state index contributed by atoms with van der Waals surface area (Å²) in [7, 11) is -2.25. The van der Waals surface area contributed by atoms with E-state index in [4.69, 9.17) is 0 Å². The molecule has 0 bridgehead atoms. The van der Waals surface area contributed by atoms with Crippen molar-refractivity contribution in [3.63, 3.8) is 0 Å². The number of amides is 1. The Morgan fingerprint density at radius 2 is 1.96 bits per heavy atom. The molecule has 1 aromatic rings. The number of hydrogen-bond acceptors (Lipinski definition) is 6. The van der Waals surface area contributed by atoms with Gasteiger partial charge in [-0.3, -0.25) is 10.2 Å². The molecule has 1 atom stereocenters. The molecule has 2 aliphatic rings. The maximum Gasteiger partial charge on any atom is 0.411 e. The molecule has 9 heteroatoms. The standard InChI is InChI=1S/C17H25N3O4S2/c1-24-17(21)18-14-3-5-16(6-4-14)26(22,23)20-9-2-8-19(10-11-20)15-7-12-25-13-15/h3-6,15H,2,7-13H2,1H3,(H,18,21). The first kappa shape index (κ1) is 19.5. The molecular formula is C17H25N3O4S2. The van der Waals surface area contributed by atoms with E-state index >= 15 is 0 Å². The molecule has 144 valence electrons. The normalized spacial score (nSPS) is 22.7. The van der Waals surface area contributed by atoms with Crippen molar-refractivity contribution >= 4 is 33.6 Å². The lowest BCUT2D eigenvalue weighted by Crippen LogP contribution is -2.39. The minimum atomic E-state index is -3.53. The van der Waals surface area contributed by atoms with Crippen LogP contribution in [-0.4, -0.2) is 74.6 Å². The molecule has 1 amide bonds. The highest BCUT2D eigenvalue weighted by molar-refractivity contribution is 7.99. The van der Waals surface area contributed by atoms with Crippen molar-refractivity contribution in [3.8, 4) is 0 Å². The number of carbonyl (C=O) groups excluding carboxylic acids is 1. The smallest absolute Gasteiger partial charge is 0.411 e. The van der Waals surface area contributed by atoms with Gasteiger partial charge in [0.05, 0.1) is 12.0 Å². The predicted octanol–water partition coefficient (Wildman–Crippen LogP) is 2.07. The number of rotatable bonds is 4. The Morgan fingerprint density at radius 3 is 2.62 bits per heavy atom. The summed E-state index contributed by atoms with van der Waals surface area (Å²) in [6.45, 7) is 2.80. The molecule has 0 saturated carbocycles. The number of benzene rings is 1. The maximum absolute atomic E-state index is 12.9. The Balaban J connectivity index is 1.66. The zero-order valence-corrected chi connectivity index (χ0v) is 16.5. The molecule has 1 unspecified atom stereocenters. The van der Waals surface area contributed by atoms with Crippen LogP contribution < -0.4 is 5.32 Å². The summed E-state index contributed by atoms with van der Waals surface area (Å²) >= 11 is 1.98. The summed E-state index contributed by atoms with van der Waals surface area (Å²) in [5.74, 6) is 2.36. The van der Waals surface area contributed by atoms with Crippen molar-refractivity contribution in [2.45, 2.75) is 23.8 Å². The number of thioether (sulfide) groups is 1. The molecule has 0 aromatic heterocycles. The molecule has 1 N–H and O–H groups in total. The lowest BCUT2D eigenvalue weighted by atomic mass is 10.2. The van der Waals surface area contributed by atoms with Gasteiger partial charge in [-0.15, -0.1) is 0 Å². The van der Waals surface area contributed by atoms with E-state index < -0.39 is 16.1 Å². The SMILES string of the molecule is COC(=O)Nc1ccc(S(=O)(=O)N2CCCN(C3CCSC3)CC2)cc1. The van der Waals surface area contributed by atoms with Crippen LogP contribution in [0.2, 0.25) is 0 Å².